The summed E-state index contributed by atoms with van der Waals surface area (Å²) in [7, 11) is 4.17. The minimum Gasteiger partial charge on any atom is -0.587 e. The van der Waals surface area contributed by atoms with Crippen molar-refractivity contribution in [1.29, 1.82) is 0 Å². The molecule has 2 aromatic rings. The van der Waals surface area contributed by atoms with Crippen molar-refractivity contribution in [1.82, 2.24) is 8.54 Å². The van der Waals surface area contributed by atoms with E-state index < -0.39 is 22.9 Å². The number of methoxy groups -OCH3 is 1. The Labute approximate surface area is 123 Å². The Morgan fingerprint density at radius 2 is 2.05 bits per heavy atom. The normalized spacial score (nSPS) is 13.3. The Bertz CT molecular complexity index is 785. The molecule has 0 spiro atoms. The lowest BCUT2D eigenvalue weighted by atomic mass is 10.3. The second kappa shape index (κ2) is 6.15. The maximum Gasteiger partial charge on any atom is 0.371 e. The lowest BCUT2D eigenvalue weighted by molar-refractivity contribution is 0.402. The Morgan fingerprint density at radius 1 is 1.38 bits per heavy atom. The number of ether oxygens (including phenoxy) is 1. The maximum absolute atomic E-state index is 13.9. The SMILES string of the molecule is C/N=c1\c(F)cn([S+]([O-])c2ccccc2OC)c(=O)n1C. The molecule has 0 amide bonds. The maximum atomic E-state index is 13.9. The summed E-state index contributed by atoms with van der Waals surface area (Å²) in [6, 6.07) is 6.54. The molecule has 2 rings (SSSR count). The number of hydrogen-bond donors (Lipinski definition) is 0. The first-order chi connectivity index (χ1) is 10.0. The van der Waals surface area contributed by atoms with Gasteiger partial charge in [-0.3, -0.25) is 9.56 Å². The smallest absolute Gasteiger partial charge is 0.371 e. The number of nitrogens with zero attached hydrogens (tertiary/aromatic N) is 3. The highest BCUT2D eigenvalue weighted by Crippen LogP contribution is 2.24. The number of benzene rings is 1. The predicted octanol–water partition coefficient (Wildman–Crippen LogP) is 0.436. The van der Waals surface area contributed by atoms with Gasteiger partial charge in [0.1, 0.15) is 17.6 Å². The van der Waals surface area contributed by atoms with E-state index in [1.165, 1.54) is 21.2 Å². The largest absolute Gasteiger partial charge is 0.587 e. The second-order valence-corrected chi connectivity index (χ2v) is 5.42. The van der Waals surface area contributed by atoms with E-state index in [-0.39, 0.29) is 10.4 Å². The van der Waals surface area contributed by atoms with Gasteiger partial charge in [-0.05, 0) is 12.1 Å². The molecule has 8 heteroatoms. The molecule has 1 heterocycles. The summed E-state index contributed by atoms with van der Waals surface area (Å²) >= 11 is -1.92. The van der Waals surface area contributed by atoms with Crippen LogP contribution < -0.4 is 15.9 Å². The van der Waals surface area contributed by atoms with E-state index in [0.717, 1.165) is 14.7 Å². The fraction of sp³-hybridized carbons (Fsp3) is 0.231. The molecule has 1 aromatic carbocycles. The van der Waals surface area contributed by atoms with Crippen molar-refractivity contribution >= 4 is 11.4 Å². The van der Waals surface area contributed by atoms with Gasteiger partial charge in [-0.2, -0.15) is 0 Å². The molecule has 0 fully saturated rings. The fourth-order valence-corrected chi connectivity index (χ4v) is 3.04. The van der Waals surface area contributed by atoms with E-state index in [2.05, 4.69) is 4.99 Å². The summed E-state index contributed by atoms with van der Waals surface area (Å²) in [4.78, 5) is 16.1. The zero-order valence-electron chi connectivity index (χ0n) is 11.7. The average Bonchev–Trinajstić information content (AvgIpc) is 2.50. The van der Waals surface area contributed by atoms with Crippen LogP contribution in [-0.2, 0) is 18.4 Å². The first kappa shape index (κ1) is 15.3. The van der Waals surface area contributed by atoms with Crippen molar-refractivity contribution in [2.75, 3.05) is 14.2 Å². The first-order valence-corrected chi connectivity index (χ1v) is 7.08. The number of hydrogen-bond acceptors (Lipinski definition) is 4. The molecule has 0 aliphatic rings. The van der Waals surface area contributed by atoms with Crippen molar-refractivity contribution < 1.29 is 13.7 Å². The quantitative estimate of drug-likeness (QED) is 0.772. The van der Waals surface area contributed by atoms with Crippen molar-refractivity contribution in [3.8, 4) is 5.75 Å². The monoisotopic (exact) mass is 311 g/mol. The molecule has 0 aliphatic carbocycles. The summed E-state index contributed by atoms with van der Waals surface area (Å²) in [6.07, 6.45) is 0.882. The van der Waals surface area contributed by atoms with Gasteiger partial charge in [0.25, 0.3) is 0 Å². The molecule has 112 valence electrons. The highest BCUT2D eigenvalue weighted by Gasteiger charge is 2.23. The van der Waals surface area contributed by atoms with Crippen molar-refractivity contribution in [2.24, 2.45) is 12.0 Å². The molecular formula is C13H14FN3O3S. The lowest BCUT2D eigenvalue weighted by Crippen LogP contribution is -2.42. The summed E-state index contributed by atoms with van der Waals surface area (Å²) in [5, 5.41) is 0. The number of para-hydroxylation sites is 1. The summed E-state index contributed by atoms with van der Waals surface area (Å²) < 4.78 is 33.4. The van der Waals surface area contributed by atoms with Gasteiger partial charge < -0.3 is 9.29 Å². The van der Waals surface area contributed by atoms with E-state index in [4.69, 9.17) is 4.74 Å². The van der Waals surface area contributed by atoms with Crippen molar-refractivity contribution in [3.63, 3.8) is 0 Å². The molecule has 0 bridgehead atoms. The number of halogens is 1. The second-order valence-electron chi connectivity index (χ2n) is 4.09. The van der Waals surface area contributed by atoms with E-state index in [1.54, 1.807) is 24.3 Å². The molecule has 1 aromatic heterocycles. The van der Waals surface area contributed by atoms with Crippen LogP contribution in [0.5, 0.6) is 5.75 Å². The van der Waals surface area contributed by atoms with Gasteiger partial charge in [0.15, 0.2) is 17.1 Å². The fourth-order valence-electron chi connectivity index (χ4n) is 1.86. The molecule has 0 aliphatic heterocycles. The van der Waals surface area contributed by atoms with Crippen LogP contribution in [0, 0.1) is 5.82 Å². The third-order valence-electron chi connectivity index (χ3n) is 2.89. The Kier molecular flexibility index (Phi) is 4.49. The van der Waals surface area contributed by atoms with Gasteiger partial charge in [0, 0.05) is 14.1 Å². The van der Waals surface area contributed by atoms with Gasteiger partial charge in [-0.15, -0.1) is 3.97 Å². The molecule has 6 nitrogen and oxygen atoms in total. The Morgan fingerprint density at radius 3 is 2.67 bits per heavy atom. The minimum atomic E-state index is -1.92. The summed E-state index contributed by atoms with van der Waals surface area (Å²) in [5.41, 5.74) is -0.741. The molecule has 21 heavy (non-hydrogen) atoms. The van der Waals surface area contributed by atoms with Crippen LogP contribution in [0.1, 0.15) is 0 Å². The van der Waals surface area contributed by atoms with E-state index in [1.807, 2.05) is 0 Å². The molecule has 0 saturated carbocycles. The van der Waals surface area contributed by atoms with Crippen LogP contribution in [-0.4, -0.2) is 27.2 Å². The van der Waals surface area contributed by atoms with Crippen LogP contribution in [0.15, 0.2) is 45.1 Å². The van der Waals surface area contributed by atoms with Crippen LogP contribution in [0.4, 0.5) is 4.39 Å². The number of rotatable bonds is 3. The van der Waals surface area contributed by atoms with Crippen LogP contribution in [0.25, 0.3) is 0 Å². The van der Waals surface area contributed by atoms with Crippen LogP contribution in [0.3, 0.4) is 0 Å². The minimum absolute atomic E-state index is 0.103. The predicted molar refractivity (Wildman–Crippen MR) is 75.9 cm³/mol. The van der Waals surface area contributed by atoms with Crippen LogP contribution in [0.2, 0.25) is 0 Å². The molecule has 0 saturated heterocycles. The van der Waals surface area contributed by atoms with E-state index in [9.17, 15) is 13.7 Å². The highest BCUT2D eigenvalue weighted by molar-refractivity contribution is 7.90. The third-order valence-corrected chi connectivity index (χ3v) is 4.22. The van der Waals surface area contributed by atoms with Gasteiger partial charge in [-0.25, -0.2) is 9.18 Å². The highest BCUT2D eigenvalue weighted by atomic mass is 32.2. The van der Waals surface area contributed by atoms with Crippen molar-refractivity contribution in [2.45, 2.75) is 4.90 Å². The standard InChI is InChI=1S/C13H14FN3O3S/c1-15-12-9(14)8-17(13(18)16(12)2)21(19)11-7-5-4-6-10(11)20-3/h4-8H,1-3H3/b15-12+. The van der Waals surface area contributed by atoms with Gasteiger partial charge in [-0.1, -0.05) is 12.1 Å². The first-order valence-electron chi connectivity index (χ1n) is 5.97. The van der Waals surface area contributed by atoms with Crippen LogP contribution >= 0.6 is 0 Å². The molecule has 0 N–H and O–H groups in total. The third kappa shape index (κ3) is 2.72. The van der Waals surface area contributed by atoms with Gasteiger partial charge >= 0.3 is 5.69 Å². The molecular weight excluding hydrogens is 297 g/mol. The Balaban J connectivity index is 2.65. The summed E-state index contributed by atoms with van der Waals surface area (Å²) in [5.74, 6) is -0.377. The topological polar surface area (TPSA) is 71.6 Å². The zero-order valence-corrected chi connectivity index (χ0v) is 12.6. The average molecular weight is 311 g/mol. The molecule has 1 unspecified atom stereocenters. The van der Waals surface area contributed by atoms with E-state index >= 15 is 0 Å². The van der Waals surface area contributed by atoms with E-state index in [0.29, 0.717) is 5.75 Å². The van der Waals surface area contributed by atoms with Gasteiger partial charge in [0.2, 0.25) is 4.90 Å². The summed E-state index contributed by atoms with van der Waals surface area (Å²) in [6.45, 7) is 0. The van der Waals surface area contributed by atoms with Crippen molar-refractivity contribution in [3.05, 3.63) is 52.3 Å². The molecule has 1 atom stereocenters. The Hall–Kier alpha value is -2.06. The lowest BCUT2D eigenvalue weighted by Gasteiger charge is -2.14. The van der Waals surface area contributed by atoms with Gasteiger partial charge in [0.05, 0.1) is 7.11 Å². The number of aromatic nitrogens is 2. The molecule has 0 radical (unpaired) electrons. The zero-order chi connectivity index (χ0) is 15.6.